The van der Waals surface area contributed by atoms with E-state index < -0.39 is 0 Å². The van der Waals surface area contributed by atoms with Gasteiger partial charge in [-0.1, -0.05) is 57.9 Å². The van der Waals surface area contributed by atoms with Crippen molar-refractivity contribution in [3.05, 3.63) is 69.2 Å². The molecule has 3 nitrogen and oxygen atoms in total. The van der Waals surface area contributed by atoms with Gasteiger partial charge in [-0.05, 0) is 36.2 Å². The van der Waals surface area contributed by atoms with Crippen LogP contribution >= 0.6 is 27.5 Å². The second kappa shape index (κ2) is 7.48. The first kappa shape index (κ1) is 15.9. The van der Waals surface area contributed by atoms with Gasteiger partial charge in [0.25, 0.3) is 0 Å². The highest BCUT2D eigenvalue weighted by Crippen LogP contribution is 2.18. The standard InChI is InChI=1S/C16H16BrClN2O/c1-11(12-6-4-7-14(17)9-12)20-16(21)19-10-13-5-2-3-8-15(13)18/h2-9,11H,10H2,1H3,(H2,19,20,21). The summed E-state index contributed by atoms with van der Waals surface area (Å²) >= 11 is 9.47. The van der Waals surface area contributed by atoms with E-state index >= 15 is 0 Å². The van der Waals surface area contributed by atoms with E-state index in [9.17, 15) is 4.79 Å². The lowest BCUT2D eigenvalue weighted by atomic mass is 10.1. The second-order valence-electron chi connectivity index (χ2n) is 4.70. The van der Waals surface area contributed by atoms with Crippen molar-refractivity contribution in [1.29, 1.82) is 0 Å². The molecule has 2 N–H and O–H groups in total. The van der Waals surface area contributed by atoms with Crippen LogP contribution in [0.15, 0.2) is 53.0 Å². The van der Waals surface area contributed by atoms with Crippen LogP contribution in [-0.4, -0.2) is 6.03 Å². The van der Waals surface area contributed by atoms with Gasteiger partial charge in [0.15, 0.2) is 0 Å². The molecule has 0 heterocycles. The van der Waals surface area contributed by atoms with E-state index in [1.165, 1.54) is 0 Å². The molecule has 5 heteroatoms. The van der Waals surface area contributed by atoms with E-state index in [0.717, 1.165) is 15.6 Å². The summed E-state index contributed by atoms with van der Waals surface area (Å²) in [7, 11) is 0. The second-order valence-corrected chi connectivity index (χ2v) is 6.02. The molecule has 0 saturated heterocycles. The Morgan fingerprint density at radius 3 is 2.71 bits per heavy atom. The first-order valence-electron chi connectivity index (χ1n) is 6.59. The zero-order chi connectivity index (χ0) is 15.2. The Balaban J connectivity index is 1.89. The van der Waals surface area contributed by atoms with E-state index in [4.69, 9.17) is 11.6 Å². The first-order chi connectivity index (χ1) is 10.1. The molecule has 0 aliphatic heterocycles. The van der Waals surface area contributed by atoms with Crippen molar-refractivity contribution in [2.75, 3.05) is 0 Å². The summed E-state index contributed by atoms with van der Waals surface area (Å²) in [5.41, 5.74) is 1.93. The summed E-state index contributed by atoms with van der Waals surface area (Å²) < 4.78 is 0.991. The van der Waals surface area contributed by atoms with Gasteiger partial charge in [0.1, 0.15) is 0 Å². The fourth-order valence-corrected chi connectivity index (χ4v) is 2.54. The molecule has 0 fully saturated rings. The Morgan fingerprint density at radius 1 is 1.24 bits per heavy atom. The van der Waals surface area contributed by atoms with Crippen molar-refractivity contribution in [2.45, 2.75) is 19.5 Å². The van der Waals surface area contributed by atoms with E-state index in [1.807, 2.05) is 49.4 Å². The molecule has 0 saturated carbocycles. The number of amides is 2. The number of hydrogen-bond donors (Lipinski definition) is 2. The van der Waals surface area contributed by atoms with Gasteiger partial charge < -0.3 is 10.6 Å². The normalized spacial score (nSPS) is 11.8. The molecule has 0 spiro atoms. The van der Waals surface area contributed by atoms with E-state index in [2.05, 4.69) is 26.6 Å². The van der Waals surface area contributed by atoms with Crippen molar-refractivity contribution in [2.24, 2.45) is 0 Å². The summed E-state index contributed by atoms with van der Waals surface area (Å²) in [6, 6.07) is 15.0. The third-order valence-electron chi connectivity index (χ3n) is 3.09. The molecular weight excluding hydrogens is 352 g/mol. The van der Waals surface area contributed by atoms with E-state index in [1.54, 1.807) is 6.07 Å². The number of carbonyl (C=O) groups is 1. The minimum Gasteiger partial charge on any atom is -0.334 e. The number of hydrogen-bond acceptors (Lipinski definition) is 1. The molecule has 0 radical (unpaired) electrons. The number of nitrogens with one attached hydrogen (secondary N) is 2. The van der Waals surface area contributed by atoms with Crippen molar-refractivity contribution >= 4 is 33.6 Å². The highest BCUT2D eigenvalue weighted by atomic mass is 79.9. The third kappa shape index (κ3) is 4.76. The molecule has 2 amide bonds. The van der Waals surface area contributed by atoms with Crippen LogP contribution < -0.4 is 10.6 Å². The molecule has 21 heavy (non-hydrogen) atoms. The van der Waals surface area contributed by atoms with E-state index in [-0.39, 0.29) is 12.1 Å². The molecule has 2 aromatic carbocycles. The largest absolute Gasteiger partial charge is 0.334 e. The van der Waals surface area contributed by atoms with Crippen LogP contribution in [0.3, 0.4) is 0 Å². The molecule has 2 aromatic rings. The lowest BCUT2D eigenvalue weighted by molar-refractivity contribution is 0.237. The fourth-order valence-electron chi connectivity index (χ4n) is 1.92. The number of halogens is 2. The summed E-state index contributed by atoms with van der Waals surface area (Å²) in [5, 5.41) is 6.36. The quantitative estimate of drug-likeness (QED) is 0.810. The molecule has 110 valence electrons. The number of benzene rings is 2. The Hall–Kier alpha value is -1.52. The van der Waals surface area contributed by atoms with Crippen molar-refractivity contribution in [3.8, 4) is 0 Å². The lowest BCUT2D eigenvalue weighted by Crippen LogP contribution is -2.36. The molecular formula is C16H16BrClN2O. The highest BCUT2D eigenvalue weighted by Gasteiger charge is 2.09. The maximum absolute atomic E-state index is 11.9. The van der Waals surface area contributed by atoms with E-state index in [0.29, 0.717) is 11.6 Å². The summed E-state index contributed by atoms with van der Waals surface area (Å²) in [6.45, 7) is 2.34. The lowest BCUT2D eigenvalue weighted by Gasteiger charge is -2.15. The molecule has 0 bridgehead atoms. The van der Waals surface area contributed by atoms with Gasteiger partial charge in [0, 0.05) is 16.0 Å². The smallest absolute Gasteiger partial charge is 0.315 e. The molecule has 1 unspecified atom stereocenters. The third-order valence-corrected chi connectivity index (χ3v) is 3.96. The Morgan fingerprint density at radius 2 is 2.00 bits per heavy atom. The number of rotatable bonds is 4. The fraction of sp³-hybridized carbons (Fsp3) is 0.188. The summed E-state index contributed by atoms with van der Waals surface area (Å²) in [5.74, 6) is 0. The van der Waals surface area contributed by atoms with Gasteiger partial charge in [-0.15, -0.1) is 0 Å². The van der Waals surface area contributed by atoms with Crippen LogP contribution in [0.1, 0.15) is 24.1 Å². The van der Waals surface area contributed by atoms with Gasteiger partial charge in [0.2, 0.25) is 0 Å². The van der Waals surface area contributed by atoms with Gasteiger partial charge in [-0.3, -0.25) is 0 Å². The minimum absolute atomic E-state index is 0.0752. The highest BCUT2D eigenvalue weighted by molar-refractivity contribution is 9.10. The predicted octanol–water partition coefficient (Wildman–Crippen LogP) is 4.66. The van der Waals surface area contributed by atoms with Gasteiger partial charge in [-0.2, -0.15) is 0 Å². The molecule has 0 aliphatic rings. The maximum Gasteiger partial charge on any atom is 0.315 e. The van der Waals surface area contributed by atoms with Gasteiger partial charge in [0.05, 0.1) is 6.04 Å². The Labute approximate surface area is 137 Å². The SMILES string of the molecule is CC(NC(=O)NCc1ccccc1Cl)c1cccc(Br)c1. The Bertz CT molecular complexity index is 633. The maximum atomic E-state index is 11.9. The van der Waals surface area contributed by atoms with Crippen LogP contribution in [0, 0.1) is 0 Å². The van der Waals surface area contributed by atoms with Crippen molar-refractivity contribution in [1.82, 2.24) is 10.6 Å². The Kier molecular flexibility index (Phi) is 5.65. The number of urea groups is 1. The topological polar surface area (TPSA) is 41.1 Å². The number of carbonyl (C=O) groups excluding carboxylic acids is 1. The molecule has 2 rings (SSSR count). The average molecular weight is 368 g/mol. The van der Waals surface area contributed by atoms with Crippen LogP contribution in [0.4, 0.5) is 4.79 Å². The molecule has 0 aromatic heterocycles. The average Bonchev–Trinajstić information content (AvgIpc) is 2.46. The van der Waals surface area contributed by atoms with Gasteiger partial charge in [-0.25, -0.2) is 4.79 Å². The zero-order valence-corrected chi connectivity index (χ0v) is 13.9. The predicted molar refractivity (Wildman–Crippen MR) is 89.4 cm³/mol. The monoisotopic (exact) mass is 366 g/mol. The van der Waals surface area contributed by atoms with Crippen LogP contribution in [0.25, 0.3) is 0 Å². The summed E-state index contributed by atoms with van der Waals surface area (Å²) in [6.07, 6.45) is 0. The minimum atomic E-state index is -0.220. The zero-order valence-electron chi connectivity index (χ0n) is 11.6. The molecule has 1 atom stereocenters. The van der Waals surface area contributed by atoms with Crippen LogP contribution in [0.2, 0.25) is 5.02 Å². The van der Waals surface area contributed by atoms with Crippen molar-refractivity contribution < 1.29 is 4.79 Å². The summed E-state index contributed by atoms with van der Waals surface area (Å²) in [4.78, 5) is 11.9. The van der Waals surface area contributed by atoms with Crippen molar-refractivity contribution in [3.63, 3.8) is 0 Å². The van der Waals surface area contributed by atoms with Crippen LogP contribution in [0.5, 0.6) is 0 Å². The van der Waals surface area contributed by atoms with Gasteiger partial charge >= 0.3 is 6.03 Å². The molecule has 0 aliphatic carbocycles. The van der Waals surface area contributed by atoms with Crippen LogP contribution in [-0.2, 0) is 6.54 Å². The first-order valence-corrected chi connectivity index (χ1v) is 7.76.